The highest BCUT2D eigenvalue weighted by atomic mass is 35.5. The molecule has 0 bridgehead atoms. The molecule has 0 aliphatic carbocycles. The third-order valence-corrected chi connectivity index (χ3v) is 4.93. The van der Waals surface area contributed by atoms with Crippen molar-refractivity contribution in [2.24, 2.45) is 0 Å². The number of halogens is 1. The summed E-state index contributed by atoms with van der Waals surface area (Å²) >= 11 is 5.87. The Morgan fingerprint density at radius 2 is 1.68 bits per heavy atom. The Bertz CT molecular complexity index is 793. The van der Waals surface area contributed by atoms with Crippen LogP contribution in [0.1, 0.15) is 6.92 Å². The third kappa shape index (κ3) is 5.52. The number of hydrogen-bond acceptors (Lipinski definition) is 5. The fourth-order valence-electron chi connectivity index (χ4n) is 2.08. The molecule has 0 fully saturated rings. The maximum absolute atomic E-state index is 12.4. The average Bonchev–Trinajstić information content (AvgIpc) is 2.60. The molecule has 8 heteroatoms. The number of sulfonamides is 1. The van der Waals surface area contributed by atoms with Gasteiger partial charge in [-0.3, -0.25) is 0 Å². The van der Waals surface area contributed by atoms with Gasteiger partial charge in [-0.05, 0) is 49.4 Å². The van der Waals surface area contributed by atoms with Gasteiger partial charge in [0, 0.05) is 11.6 Å². The first-order chi connectivity index (χ1) is 12.0. The predicted octanol–water partition coefficient (Wildman–Crippen LogP) is 3.10. The molecule has 0 spiro atoms. The standard InChI is InChI=1S/C17H20ClNO5S/c1-3-23-14-5-7-15(8-6-14)24-11-10-19-25(20,21)17-12-13(18)4-9-16(17)22-2/h4-9,12,19H,3,10-11H2,1-2H3. The molecule has 0 saturated heterocycles. The van der Waals surface area contributed by atoms with Crippen molar-refractivity contribution >= 4 is 21.6 Å². The topological polar surface area (TPSA) is 73.9 Å². The second-order valence-electron chi connectivity index (χ2n) is 4.95. The molecule has 136 valence electrons. The molecule has 2 rings (SSSR count). The second kappa shape index (κ2) is 8.94. The summed E-state index contributed by atoms with van der Waals surface area (Å²) in [6.45, 7) is 2.78. The van der Waals surface area contributed by atoms with Gasteiger partial charge in [0.15, 0.2) is 0 Å². The van der Waals surface area contributed by atoms with E-state index < -0.39 is 10.0 Å². The fourth-order valence-corrected chi connectivity index (χ4v) is 3.52. The first-order valence-corrected chi connectivity index (χ1v) is 9.51. The second-order valence-corrected chi connectivity index (χ2v) is 7.12. The Labute approximate surface area is 152 Å². The van der Waals surface area contributed by atoms with Crippen molar-refractivity contribution in [2.45, 2.75) is 11.8 Å². The van der Waals surface area contributed by atoms with E-state index in [1.165, 1.54) is 19.2 Å². The number of benzene rings is 2. The molecule has 0 radical (unpaired) electrons. The summed E-state index contributed by atoms with van der Waals surface area (Å²) in [7, 11) is -2.35. The molecule has 0 amide bonds. The molecule has 2 aromatic rings. The zero-order valence-electron chi connectivity index (χ0n) is 14.0. The van der Waals surface area contributed by atoms with Gasteiger partial charge in [0.1, 0.15) is 28.8 Å². The minimum absolute atomic E-state index is 0.0106. The van der Waals surface area contributed by atoms with E-state index >= 15 is 0 Å². The molecule has 6 nitrogen and oxygen atoms in total. The lowest BCUT2D eigenvalue weighted by molar-refractivity contribution is 0.319. The molecule has 0 atom stereocenters. The maximum Gasteiger partial charge on any atom is 0.244 e. The molecule has 2 aromatic carbocycles. The summed E-state index contributed by atoms with van der Waals surface area (Å²) in [5.74, 6) is 1.61. The molecule has 0 saturated carbocycles. The van der Waals surface area contributed by atoms with E-state index in [9.17, 15) is 8.42 Å². The SMILES string of the molecule is CCOc1ccc(OCCNS(=O)(=O)c2cc(Cl)ccc2OC)cc1. The zero-order chi connectivity index (χ0) is 18.3. The van der Waals surface area contributed by atoms with Gasteiger partial charge in [0.05, 0.1) is 13.7 Å². The quantitative estimate of drug-likeness (QED) is 0.671. The Hall–Kier alpha value is -1.96. The van der Waals surface area contributed by atoms with E-state index in [2.05, 4.69) is 4.72 Å². The smallest absolute Gasteiger partial charge is 0.244 e. The molecule has 1 N–H and O–H groups in total. The number of rotatable bonds is 9. The van der Waals surface area contributed by atoms with Gasteiger partial charge in [0.2, 0.25) is 10.0 Å². The summed E-state index contributed by atoms with van der Waals surface area (Å²) in [4.78, 5) is -0.0106. The van der Waals surface area contributed by atoms with E-state index in [0.29, 0.717) is 17.4 Å². The van der Waals surface area contributed by atoms with Crippen LogP contribution in [0.5, 0.6) is 17.2 Å². The average molecular weight is 386 g/mol. The van der Waals surface area contributed by atoms with Crippen molar-refractivity contribution < 1.29 is 22.6 Å². The van der Waals surface area contributed by atoms with E-state index in [1.54, 1.807) is 30.3 Å². The third-order valence-electron chi connectivity index (χ3n) is 3.21. The van der Waals surface area contributed by atoms with Crippen molar-refractivity contribution in [1.29, 1.82) is 0 Å². The lowest BCUT2D eigenvalue weighted by Crippen LogP contribution is -2.28. The molecule has 0 unspecified atom stereocenters. The summed E-state index contributed by atoms with van der Waals surface area (Å²) in [5.41, 5.74) is 0. The summed E-state index contributed by atoms with van der Waals surface area (Å²) < 4.78 is 43.1. The first-order valence-electron chi connectivity index (χ1n) is 7.65. The molecule has 25 heavy (non-hydrogen) atoms. The monoisotopic (exact) mass is 385 g/mol. The van der Waals surface area contributed by atoms with E-state index in [0.717, 1.165) is 5.75 Å². The highest BCUT2D eigenvalue weighted by Gasteiger charge is 2.19. The van der Waals surface area contributed by atoms with Crippen LogP contribution in [0.15, 0.2) is 47.4 Å². The van der Waals surface area contributed by atoms with Crippen molar-refractivity contribution in [1.82, 2.24) is 4.72 Å². The van der Waals surface area contributed by atoms with E-state index in [-0.39, 0.29) is 23.8 Å². The molecule has 0 heterocycles. The Morgan fingerprint density at radius 3 is 2.28 bits per heavy atom. The molecular formula is C17H20ClNO5S. The number of ether oxygens (including phenoxy) is 3. The molecular weight excluding hydrogens is 366 g/mol. The lowest BCUT2D eigenvalue weighted by atomic mass is 10.3. The number of methoxy groups -OCH3 is 1. The van der Waals surface area contributed by atoms with Gasteiger partial charge < -0.3 is 14.2 Å². The van der Waals surface area contributed by atoms with Crippen molar-refractivity contribution in [3.05, 3.63) is 47.5 Å². The number of hydrogen-bond donors (Lipinski definition) is 1. The minimum atomic E-state index is -3.75. The van der Waals surface area contributed by atoms with Crippen molar-refractivity contribution in [2.75, 3.05) is 26.9 Å². The van der Waals surface area contributed by atoms with Crippen LogP contribution in [0.2, 0.25) is 5.02 Å². The van der Waals surface area contributed by atoms with Crippen LogP contribution in [0.25, 0.3) is 0 Å². The maximum atomic E-state index is 12.4. The van der Waals surface area contributed by atoms with Crippen LogP contribution >= 0.6 is 11.6 Å². The van der Waals surface area contributed by atoms with Gasteiger partial charge in [-0.2, -0.15) is 0 Å². The van der Waals surface area contributed by atoms with Gasteiger partial charge in [0.25, 0.3) is 0 Å². The van der Waals surface area contributed by atoms with Crippen molar-refractivity contribution in [3.63, 3.8) is 0 Å². The van der Waals surface area contributed by atoms with Gasteiger partial charge in [-0.25, -0.2) is 13.1 Å². The van der Waals surface area contributed by atoms with Crippen LogP contribution in [-0.4, -0.2) is 35.3 Å². The first kappa shape index (κ1) is 19.4. The van der Waals surface area contributed by atoms with E-state index in [1.807, 2.05) is 6.92 Å². The van der Waals surface area contributed by atoms with Gasteiger partial charge in [-0.15, -0.1) is 0 Å². The fraction of sp³-hybridized carbons (Fsp3) is 0.294. The lowest BCUT2D eigenvalue weighted by Gasteiger charge is -2.12. The van der Waals surface area contributed by atoms with E-state index in [4.69, 9.17) is 25.8 Å². The van der Waals surface area contributed by atoms with Crippen LogP contribution in [-0.2, 0) is 10.0 Å². The number of nitrogens with one attached hydrogen (secondary N) is 1. The zero-order valence-corrected chi connectivity index (χ0v) is 15.6. The Balaban J connectivity index is 1.91. The van der Waals surface area contributed by atoms with Crippen LogP contribution in [0, 0.1) is 0 Å². The Morgan fingerprint density at radius 1 is 1.04 bits per heavy atom. The van der Waals surface area contributed by atoms with Crippen LogP contribution in [0.4, 0.5) is 0 Å². The summed E-state index contributed by atoms with van der Waals surface area (Å²) in [6, 6.07) is 11.5. The van der Waals surface area contributed by atoms with Gasteiger partial charge >= 0.3 is 0 Å². The highest BCUT2D eigenvalue weighted by Crippen LogP contribution is 2.26. The largest absolute Gasteiger partial charge is 0.495 e. The van der Waals surface area contributed by atoms with Crippen LogP contribution in [0.3, 0.4) is 0 Å². The Kier molecular flexibility index (Phi) is 6.92. The molecule has 0 aromatic heterocycles. The molecule has 0 aliphatic rings. The predicted molar refractivity (Wildman–Crippen MR) is 96.3 cm³/mol. The summed E-state index contributed by atoms with van der Waals surface area (Å²) in [5, 5.41) is 0.312. The van der Waals surface area contributed by atoms with Crippen LogP contribution < -0.4 is 18.9 Å². The minimum Gasteiger partial charge on any atom is -0.495 e. The highest BCUT2D eigenvalue weighted by molar-refractivity contribution is 7.89. The van der Waals surface area contributed by atoms with Gasteiger partial charge in [-0.1, -0.05) is 11.6 Å². The van der Waals surface area contributed by atoms with Crippen molar-refractivity contribution in [3.8, 4) is 17.2 Å². The molecule has 0 aliphatic heterocycles. The summed E-state index contributed by atoms with van der Waals surface area (Å²) in [6.07, 6.45) is 0. The normalized spacial score (nSPS) is 11.2.